The van der Waals surface area contributed by atoms with E-state index in [0.717, 1.165) is 9.78 Å². The minimum atomic E-state index is -0.997. The van der Waals surface area contributed by atoms with Gasteiger partial charge in [-0.25, -0.2) is 4.79 Å². The monoisotopic (exact) mass is 298 g/mol. The number of halogens is 1. The van der Waals surface area contributed by atoms with E-state index in [-0.39, 0.29) is 0 Å². The van der Waals surface area contributed by atoms with E-state index in [2.05, 4.69) is 5.32 Å². The molecule has 1 atom stereocenters. The average Bonchev–Trinajstić information content (AvgIpc) is 3.04. The van der Waals surface area contributed by atoms with Gasteiger partial charge in [0.25, 0.3) is 0 Å². The molecule has 3 rings (SSSR count). The molecule has 1 saturated heterocycles. The molecular formula is C12H11ClN2O3S. The molecule has 0 bridgehead atoms. The molecule has 100 valence electrons. The van der Waals surface area contributed by atoms with Crippen LogP contribution in [0.15, 0.2) is 12.1 Å². The summed E-state index contributed by atoms with van der Waals surface area (Å²) < 4.78 is 0.601. The van der Waals surface area contributed by atoms with Crippen molar-refractivity contribution in [2.75, 3.05) is 0 Å². The summed E-state index contributed by atoms with van der Waals surface area (Å²) >= 11 is 7.19. The number of barbiturate groups is 1. The van der Waals surface area contributed by atoms with Crippen LogP contribution >= 0.6 is 22.9 Å². The Morgan fingerprint density at radius 3 is 2.58 bits per heavy atom. The highest BCUT2D eigenvalue weighted by atomic mass is 35.5. The molecule has 5 nitrogen and oxygen atoms in total. The molecule has 2 aliphatic rings. The van der Waals surface area contributed by atoms with Crippen LogP contribution in [0.25, 0.3) is 0 Å². The van der Waals surface area contributed by atoms with Gasteiger partial charge < -0.3 is 0 Å². The second-order valence-corrected chi connectivity index (χ2v) is 6.58. The lowest BCUT2D eigenvalue weighted by atomic mass is 10.0. The van der Waals surface area contributed by atoms with Crippen LogP contribution in [0.2, 0.25) is 4.34 Å². The van der Waals surface area contributed by atoms with Crippen LogP contribution in [0.4, 0.5) is 4.79 Å². The molecule has 1 saturated carbocycles. The van der Waals surface area contributed by atoms with Gasteiger partial charge in [-0.3, -0.25) is 19.8 Å². The molecule has 1 aromatic rings. The number of amides is 4. The van der Waals surface area contributed by atoms with E-state index in [4.69, 9.17) is 11.6 Å². The van der Waals surface area contributed by atoms with Crippen molar-refractivity contribution in [3.05, 3.63) is 21.3 Å². The predicted octanol–water partition coefficient (Wildman–Crippen LogP) is 2.32. The Morgan fingerprint density at radius 1 is 1.37 bits per heavy atom. The van der Waals surface area contributed by atoms with Gasteiger partial charge in [-0.1, -0.05) is 11.6 Å². The number of carbonyl (C=O) groups excluding carboxylic acids is 3. The third-order valence-corrected chi connectivity index (χ3v) is 5.05. The summed E-state index contributed by atoms with van der Waals surface area (Å²) in [7, 11) is 0. The van der Waals surface area contributed by atoms with Gasteiger partial charge in [0, 0.05) is 4.88 Å². The van der Waals surface area contributed by atoms with Crippen molar-refractivity contribution in [3.63, 3.8) is 0 Å². The number of imide groups is 2. The zero-order chi connectivity index (χ0) is 13.8. The molecule has 1 unspecified atom stereocenters. The van der Waals surface area contributed by atoms with Gasteiger partial charge in [-0.15, -0.1) is 11.3 Å². The lowest BCUT2D eigenvalue weighted by molar-refractivity contribution is -0.146. The van der Waals surface area contributed by atoms with Crippen molar-refractivity contribution in [3.8, 4) is 0 Å². The molecule has 2 fully saturated rings. The van der Waals surface area contributed by atoms with Gasteiger partial charge in [-0.2, -0.15) is 0 Å². The van der Waals surface area contributed by atoms with Crippen molar-refractivity contribution in [2.24, 2.45) is 5.41 Å². The highest BCUT2D eigenvalue weighted by Crippen LogP contribution is 2.50. The van der Waals surface area contributed by atoms with Crippen molar-refractivity contribution in [1.82, 2.24) is 10.2 Å². The van der Waals surface area contributed by atoms with Gasteiger partial charge in [0.15, 0.2) is 0 Å². The first-order valence-electron chi connectivity index (χ1n) is 5.90. The zero-order valence-electron chi connectivity index (χ0n) is 10.1. The fourth-order valence-corrected chi connectivity index (χ4v) is 3.40. The van der Waals surface area contributed by atoms with Crippen LogP contribution in [0.1, 0.15) is 30.7 Å². The summed E-state index contributed by atoms with van der Waals surface area (Å²) in [6.45, 7) is 1.76. The minimum Gasteiger partial charge on any atom is -0.277 e. The smallest absolute Gasteiger partial charge is 0.277 e. The SMILES string of the molecule is CC(c1ccc(Cl)s1)N1C(=O)NC(=O)C2(CC2)C1=O. The molecule has 2 heterocycles. The van der Waals surface area contributed by atoms with E-state index in [9.17, 15) is 14.4 Å². The molecular weight excluding hydrogens is 288 g/mol. The maximum Gasteiger partial charge on any atom is 0.331 e. The number of thiophene rings is 1. The minimum absolute atomic E-state index is 0.390. The third kappa shape index (κ3) is 1.78. The standard InChI is InChI=1S/C12H11ClN2O3S/c1-6(7-2-3-8(13)19-7)15-10(17)12(4-5-12)9(16)14-11(15)18/h2-3,6H,4-5H2,1H3,(H,14,16,18). The Kier molecular flexibility index (Phi) is 2.69. The number of hydrogen-bond acceptors (Lipinski definition) is 4. The van der Waals surface area contributed by atoms with Crippen LogP contribution < -0.4 is 5.32 Å². The summed E-state index contributed by atoms with van der Waals surface area (Å²) in [4.78, 5) is 37.9. The first kappa shape index (κ1) is 12.6. The van der Waals surface area contributed by atoms with Crippen molar-refractivity contribution >= 4 is 40.8 Å². The number of nitrogens with zero attached hydrogens (tertiary/aromatic N) is 1. The first-order chi connectivity index (χ1) is 8.95. The predicted molar refractivity (Wildman–Crippen MR) is 69.8 cm³/mol. The van der Waals surface area contributed by atoms with Crippen LogP contribution in [0, 0.1) is 5.41 Å². The largest absolute Gasteiger partial charge is 0.331 e. The Balaban J connectivity index is 1.93. The lowest BCUT2D eigenvalue weighted by Crippen LogP contribution is -2.59. The van der Waals surface area contributed by atoms with E-state index >= 15 is 0 Å². The van der Waals surface area contributed by atoms with Crippen molar-refractivity contribution in [1.29, 1.82) is 0 Å². The van der Waals surface area contributed by atoms with Crippen LogP contribution in [0.5, 0.6) is 0 Å². The fourth-order valence-electron chi connectivity index (χ4n) is 2.29. The van der Waals surface area contributed by atoms with E-state index < -0.39 is 29.3 Å². The van der Waals surface area contributed by atoms with E-state index in [1.165, 1.54) is 11.3 Å². The fraction of sp³-hybridized carbons (Fsp3) is 0.417. The van der Waals surface area contributed by atoms with E-state index in [0.29, 0.717) is 17.2 Å². The molecule has 1 aromatic heterocycles. The molecule has 4 amide bonds. The number of urea groups is 1. The Bertz CT molecular complexity index is 594. The summed E-state index contributed by atoms with van der Waals surface area (Å²) in [5, 5.41) is 2.27. The summed E-state index contributed by atoms with van der Waals surface area (Å²) in [6.07, 6.45) is 1.03. The summed E-state index contributed by atoms with van der Waals surface area (Å²) in [5.41, 5.74) is -0.997. The van der Waals surface area contributed by atoms with E-state index in [1.54, 1.807) is 19.1 Å². The average molecular weight is 299 g/mol. The third-order valence-electron chi connectivity index (χ3n) is 3.65. The molecule has 1 spiro atoms. The Morgan fingerprint density at radius 2 is 2.05 bits per heavy atom. The number of nitrogens with one attached hydrogen (secondary N) is 1. The Labute approximate surface area is 118 Å². The summed E-state index contributed by atoms with van der Waals surface area (Å²) in [5.74, 6) is -0.853. The molecule has 0 radical (unpaired) electrons. The maximum absolute atomic E-state index is 12.4. The molecule has 7 heteroatoms. The zero-order valence-corrected chi connectivity index (χ0v) is 11.7. The molecule has 1 aliphatic carbocycles. The Hall–Kier alpha value is -1.40. The summed E-state index contributed by atoms with van der Waals surface area (Å²) in [6, 6.07) is 2.44. The van der Waals surface area contributed by atoms with Crippen molar-refractivity contribution in [2.45, 2.75) is 25.8 Å². The van der Waals surface area contributed by atoms with Crippen LogP contribution in [-0.4, -0.2) is 22.7 Å². The topological polar surface area (TPSA) is 66.5 Å². The number of carbonyl (C=O) groups is 3. The van der Waals surface area contributed by atoms with Crippen molar-refractivity contribution < 1.29 is 14.4 Å². The number of hydrogen-bond donors (Lipinski definition) is 1. The maximum atomic E-state index is 12.4. The highest BCUT2D eigenvalue weighted by molar-refractivity contribution is 7.16. The van der Waals surface area contributed by atoms with Gasteiger partial charge in [-0.05, 0) is 31.9 Å². The van der Waals surface area contributed by atoms with Crippen LogP contribution in [-0.2, 0) is 9.59 Å². The highest BCUT2D eigenvalue weighted by Gasteiger charge is 2.62. The molecule has 0 aromatic carbocycles. The van der Waals surface area contributed by atoms with Gasteiger partial charge in [0.05, 0.1) is 10.4 Å². The molecule has 1 N–H and O–H groups in total. The quantitative estimate of drug-likeness (QED) is 0.852. The van der Waals surface area contributed by atoms with Crippen LogP contribution in [0.3, 0.4) is 0 Å². The normalized spacial score (nSPS) is 22.6. The van der Waals surface area contributed by atoms with Gasteiger partial charge in [0.1, 0.15) is 5.41 Å². The second kappa shape index (κ2) is 4.05. The van der Waals surface area contributed by atoms with Gasteiger partial charge >= 0.3 is 6.03 Å². The molecule has 1 aliphatic heterocycles. The number of rotatable bonds is 2. The lowest BCUT2D eigenvalue weighted by Gasteiger charge is -2.33. The second-order valence-electron chi connectivity index (χ2n) is 4.83. The van der Waals surface area contributed by atoms with Gasteiger partial charge in [0.2, 0.25) is 11.8 Å². The molecule has 19 heavy (non-hydrogen) atoms. The first-order valence-corrected chi connectivity index (χ1v) is 7.09. The van der Waals surface area contributed by atoms with E-state index in [1.807, 2.05) is 0 Å².